The minimum atomic E-state index is 0.699. The molecule has 0 radical (unpaired) electrons. The van der Waals surface area contributed by atoms with Gasteiger partial charge in [-0.05, 0) is 42.3 Å². The van der Waals surface area contributed by atoms with Crippen LogP contribution in [0.1, 0.15) is 11.1 Å². The van der Waals surface area contributed by atoms with E-state index in [1.165, 1.54) is 0 Å². The molecular weight excluding hydrogens is 252 g/mol. The van der Waals surface area contributed by atoms with E-state index >= 15 is 0 Å². The van der Waals surface area contributed by atoms with Crippen LogP contribution in [0.4, 0.5) is 11.4 Å². The van der Waals surface area contributed by atoms with Gasteiger partial charge in [0.15, 0.2) is 11.5 Å². The minimum Gasteiger partial charge on any atom is -0.493 e. The zero-order valence-electron chi connectivity index (χ0n) is 12.1. The van der Waals surface area contributed by atoms with Crippen LogP contribution in [0, 0.1) is 6.92 Å². The quantitative estimate of drug-likeness (QED) is 0.821. The molecule has 0 saturated heterocycles. The van der Waals surface area contributed by atoms with Gasteiger partial charge in [-0.1, -0.05) is 12.1 Å². The smallest absolute Gasteiger partial charge is 0.161 e. The largest absolute Gasteiger partial charge is 0.493 e. The van der Waals surface area contributed by atoms with Crippen molar-refractivity contribution in [3.8, 4) is 11.5 Å². The van der Waals surface area contributed by atoms with Crippen LogP contribution in [-0.4, -0.2) is 14.2 Å². The van der Waals surface area contributed by atoms with Crippen molar-refractivity contribution in [2.45, 2.75) is 13.5 Å². The van der Waals surface area contributed by atoms with Crippen molar-refractivity contribution in [1.29, 1.82) is 0 Å². The lowest BCUT2D eigenvalue weighted by Crippen LogP contribution is -2.03. The molecule has 0 bridgehead atoms. The van der Waals surface area contributed by atoms with Gasteiger partial charge in [0.05, 0.1) is 14.2 Å². The molecule has 0 saturated carbocycles. The number of nitrogens with two attached hydrogens (primary N) is 1. The molecule has 0 aliphatic heterocycles. The number of benzene rings is 2. The Balaban J connectivity index is 2.13. The first-order valence-corrected chi connectivity index (χ1v) is 6.45. The van der Waals surface area contributed by atoms with Crippen LogP contribution >= 0.6 is 0 Å². The van der Waals surface area contributed by atoms with Crippen molar-refractivity contribution < 1.29 is 9.47 Å². The van der Waals surface area contributed by atoms with Crippen molar-refractivity contribution in [3.63, 3.8) is 0 Å². The van der Waals surface area contributed by atoms with Gasteiger partial charge in [-0.3, -0.25) is 0 Å². The molecule has 0 heterocycles. The van der Waals surface area contributed by atoms with Gasteiger partial charge in [0.25, 0.3) is 0 Å². The maximum atomic E-state index is 5.90. The molecule has 0 fully saturated rings. The van der Waals surface area contributed by atoms with Gasteiger partial charge < -0.3 is 20.5 Å². The summed E-state index contributed by atoms with van der Waals surface area (Å²) in [6, 6.07) is 11.7. The summed E-state index contributed by atoms with van der Waals surface area (Å²) in [4.78, 5) is 0. The topological polar surface area (TPSA) is 56.5 Å². The third-order valence-electron chi connectivity index (χ3n) is 3.31. The van der Waals surface area contributed by atoms with E-state index in [0.717, 1.165) is 34.0 Å². The molecule has 0 amide bonds. The molecule has 0 spiro atoms. The minimum absolute atomic E-state index is 0.699. The lowest BCUT2D eigenvalue weighted by atomic mass is 10.1. The Morgan fingerprint density at radius 2 is 1.80 bits per heavy atom. The van der Waals surface area contributed by atoms with Gasteiger partial charge in [-0.2, -0.15) is 0 Å². The molecule has 0 aliphatic carbocycles. The fourth-order valence-electron chi connectivity index (χ4n) is 2.03. The van der Waals surface area contributed by atoms with Crippen LogP contribution < -0.4 is 20.5 Å². The van der Waals surface area contributed by atoms with Crippen molar-refractivity contribution in [3.05, 3.63) is 47.5 Å². The number of ether oxygens (including phenoxy) is 2. The molecule has 106 valence electrons. The van der Waals surface area contributed by atoms with Gasteiger partial charge in [0, 0.05) is 17.9 Å². The summed E-state index contributed by atoms with van der Waals surface area (Å²) in [6.07, 6.45) is 0. The molecule has 0 aromatic heterocycles. The summed E-state index contributed by atoms with van der Waals surface area (Å²) in [7, 11) is 3.27. The molecular formula is C16H20N2O2. The van der Waals surface area contributed by atoms with Crippen LogP contribution in [0.2, 0.25) is 0 Å². The molecule has 20 heavy (non-hydrogen) atoms. The Morgan fingerprint density at radius 1 is 1.05 bits per heavy atom. The molecule has 2 aromatic rings. The van der Waals surface area contributed by atoms with E-state index in [-0.39, 0.29) is 0 Å². The first-order valence-electron chi connectivity index (χ1n) is 6.45. The van der Waals surface area contributed by atoms with Crippen molar-refractivity contribution in [1.82, 2.24) is 0 Å². The molecule has 4 nitrogen and oxygen atoms in total. The number of hydrogen-bond donors (Lipinski definition) is 2. The average molecular weight is 272 g/mol. The van der Waals surface area contributed by atoms with E-state index in [2.05, 4.69) is 5.32 Å². The van der Waals surface area contributed by atoms with Crippen LogP contribution in [0.5, 0.6) is 11.5 Å². The highest BCUT2D eigenvalue weighted by Crippen LogP contribution is 2.28. The van der Waals surface area contributed by atoms with Gasteiger partial charge in [-0.15, -0.1) is 0 Å². The normalized spacial score (nSPS) is 10.2. The fraction of sp³-hybridized carbons (Fsp3) is 0.250. The number of nitrogens with one attached hydrogen (secondary N) is 1. The molecule has 4 heteroatoms. The molecule has 0 aliphatic rings. The number of nitrogen functional groups attached to an aromatic ring is 1. The highest BCUT2D eigenvalue weighted by molar-refractivity contribution is 5.62. The first kappa shape index (κ1) is 14.1. The van der Waals surface area contributed by atoms with Crippen molar-refractivity contribution in [2.24, 2.45) is 0 Å². The Kier molecular flexibility index (Phi) is 4.35. The summed E-state index contributed by atoms with van der Waals surface area (Å²) >= 11 is 0. The van der Waals surface area contributed by atoms with Gasteiger partial charge in [0.1, 0.15) is 0 Å². The summed E-state index contributed by atoms with van der Waals surface area (Å²) in [5, 5.41) is 3.38. The summed E-state index contributed by atoms with van der Waals surface area (Å²) < 4.78 is 10.5. The number of methoxy groups -OCH3 is 2. The average Bonchev–Trinajstić information content (AvgIpc) is 2.48. The Hall–Kier alpha value is -2.36. The van der Waals surface area contributed by atoms with E-state index in [9.17, 15) is 0 Å². The van der Waals surface area contributed by atoms with E-state index in [4.69, 9.17) is 15.2 Å². The Morgan fingerprint density at radius 3 is 2.50 bits per heavy atom. The predicted molar refractivity (Wildman–Crippen MR) is 82.5 cm³/mol. The van der Waals surface area contributed by atoms with Crippen molar-refractivity contribution >= 4 is 11.4 Å². The highest BCUT2D eigenvalue weighted by Gasteiger charge is 2.05. The van der Waals surface area contributed by atoms with E-state index in [1.54, 1.807) is 14.2 Å². The second kappa shape index (κ2) is 6.19. The zero-order chi connectivity index (χ0) is 14.5. The van der Waals surface area contributed by atoms with Gasteiger partial charge >= 0.3 is 0 Å². The lowest BCUT2D eigenvalue weighted by molar-refractivity contribution is 0.354. The molecule has 2 rings (SSSR count). The van der Waals surface area contributed by atoms with Gasteiger partial charge in [0.2, 0.25) is 0 Å². The Bertz CT molecular complexity index is 597. The maximum absolute atomic E-state index is 5.90. The third kappa shape index (κ3) is 2.96. The van der Waals surface area contributed by atoms with E-state index in [0.29, 0.717) is 6.54 Å². The summed E-state index contributed by atoms with van der Waals surface area (Å²) in [6.45, 7) is 2.71. The lowest BCUT2D eigenvalue weighted by Gasteiger charge is -2.13. The van der Waals surface area contributed by atoms with E-state index in [1.807, 2.05) is 43.3 Å². The van der Waals surface area contributed by atoms with Gasteiger partial charge in [-0.25, -0.2) is 0 Å². The predicted octanol–water partition coefficient (Wildman–Crippen LogP) is 3.21. The fourth-order valence-corrected chi connectivity index (χ4v) is 2.03. The molecule has 2 aromatic carbocycles. The monoisotopic (exact) mass is 272 g/mol. The second-order valence-electron chi connectivity index (χ2n) is 4.56. The summed E-state index contributed by atoms with van der Waals surface area (Å²) in [5.74, 6) is 1.47. The van der Waals surface area contributed by atoms with Crippen LogP contribution in [-0.2, 0) is 6.54 Å². The highest BCUT2D eigenvalue weighted by atomic mass is 16.5. The third-order valence-corrected chi connectivity index (χ3v) is 3.31. The van der Waals surface area contributed by atoms with Crippen molar-refractivity contribution in [2.75, 3.05) is 25.3 Å². The number of hydrogen-bond acceptors (Lipinski definition) is 4. The molecule has 0 unspecified atom stereocenters. The first-order chi connectivity index (χ1) is 9.65. The zero-order valence-corrected chi connectivity index (χ0v) is 12.1. The van der Waals surface area contributed by atoms with E-state index < -0.39 is 0 Å². The maximum Gasteiger partial charge on any atom is 0.161 e. The summed E-state index contributed by atoms with van der Waals surface area (Å²) in [5.41, 5.74) is 9.91. The van der Waals surface area contributed by atoms with Crippen LogP contribution in [0.15, 0.2) is 36.4 Å². The number of anilines is 2. The Labute approximate surface area is 119 Å². The molecule has 3 N–H and O–H groups in total. The van der Waals surface area contributed by atoms with Crippen LogP contribution in [0.3, 0.4) is 0 Å². The van der Waals surface area contributed by atoms with Crippen LogP contribution in [0.25, 0.3) is 0 Å². The number of rotatable bonds is 5. The second-order valence-corrected chi connectivity index (χ2v) is 4.56. The SMILES string of the molecule is COc1ccc(CNc2cccc(N)c2C)cc1OC. The molecule has 0 atom stereocenters. The standard InChI is InChI=1S/C16H20N2O2/c1-11-13(17)5-4-6-14(11)18-10-12-7-8-15(19-2)16(9-12)20-3/h4-9,18H,10,17H2,1-3H3.